The van der Waals surface area contributed by atoms with E-state index >= 15 is 0 Å². The summed E-state index contributed by atoms with van der Waals surface area (Å²) in [6.07, 6.45) is -3.13. The molecule has 1 N–H and O–H groups in total. The maximum atomic E-state index is 14.0. The van der Waals surface area contributed by atoms with E-state index in [1.165, 1.54) is 24.3 Å². The van der Waals surface area contributed by atoms with E-state index in [1.54, 1.807) is 17.0 Å². The number of alkyl halides is 3. The van der Waals surface area contributed by atoms with E-state index in [0.29, 0.717) is 23.2 Å². The van der Waals surface area contributed by atoms with Gasteiger partial charge >= 0.3 is 6.18 Å². The van der Waals surface area contributed by atoms with Crippen molar-refractivity contribution in [3.05, 3.63) is 87.8 Å². The molecule has 3 heterocycles. The number of benzene rings is 2. The molecule has 164 valence electrons. The van der Waals surface area contributed by atoms with Crippen LogP contribution >= 0.6 is 11.6 Å². The van der Waals surface area contributed by atoms with Gasteiger partial charge in [-0.25, -0.2) is 18.7 Å². The lowest BCUT2D eigenvalue weighted by molar-refractivity contribution is -0.141. The summed E-state index contributed by atoms with van der Waals surface area (Å²) in [5, 5.41) is 0.699. The topological polar surface area (TPSA) is 44.8 Å². The van der Waals surface area contributed by atoms with Crippen LogP contribution in [0.15, 0.2) is 48.7 Å². The van der Waals surface area contributed by atoms with E-state index < -0.39 is 29.5 Å². The smallest absolute Gasteiger partial charge is 0.356 e. The molecule has 5 rings (SSSR count). The van der Waals surface area contributed by atoms with Gasteiger partial charge in [-0.1, -0.05) is 23.7 Å². The number of H-pyrrole nitrogens is 1. The molecule has 10 heteroatoms. The highest BCUT2D eigenvalue weighted by atomic mass is 35.5. The third-order valence-corrected chi connectivity index (χ3v) is 5.83. The first-order valence-electron chi connectivity index (χ1n) is 9.64. The summed E-state index contributed by atoms with van der Waals surface area (Å²) in [7, 11) is 0. The van der Waals surface area contributed by atoms with Gasteiger partial charge < -0.3 is 9.88 Å². The molecule has 1 aliphatic heterocycles. The minimum absolute atomic E-state index is 0.0266. The highest BCUT2D eigenvalue weighted by molar-refractivity contribution is 6.31. The van der Waals surface area contributed by atoms with Gasteiger partial charge in [0.2, 0.25) is 5.95 Å². The zero-order valence-electron chi connectivity index (χ0n) is 16.2. The Bertz CT molecular complexity index is 1320. The Morgan fingerprint density at radius 1 is 1.06 bits per heavy atom. The van der Waals surface area contributed by atoms with Crippen molar-refractivity contribution in [1.29, 1.82) is 0 Å². The molecule has 0 fully saturated rings. The fourth-order valence-corrected chi connectivity index (χ4v) is 4.30. The van der Waals surface area contributed by atoms with Gasteiger partial charge in [0.25, 0.3) is 0 Å². The minimum Gasteiger partial charge on any atom is -0.356 e. The second kappa shape index (κ2) is 7.44. The molecule has 0 bridgehead atoms. The number of fused-ring (bicyclic) bond motifs is 3. The average molecular weight is 465 g/mol. The van der Waals surface area contributed by atoms with Crippen molar-refractivity contribution in [3.63, 3.8) is 0 Å². The third-order valence-electron chi connectivity index (χ3n) is 5.54. The van der Waals surface area contributed by atoms with Crippen molar-refractivity contribution in [3.8, 4) is 0 Å². The van der Waals surface area contributed by atoms with Crippen molar-refractivity contribution in [2.24, 2.45) is 0 Å². The maximum absolute atomic E-state index is 14.0. The second-order valence-electron chi connectivity index (χ2n) is 7.47. The van der Waals surface area contributed by atoms with Crippen molar-refractivity contribution in [2.75, 3.05) is 11.4 Å². The molecule has 0 spiro atoms. The Morgan fingerprint density at radius 3 is 2.53 bits per heavy atom. The van der Waals surface area contributed by atoms with E-state index in [9.17, 15) is 22.0 Å². The fourth-order valence-electron chi connectivity index (χ4n) is 4.14. The molecular weight excluding hydrogens is 451 g/mol. The van der Waals surface area contributed by atoms with E-state index in [2.05, 4.69) is 15.0 Å². The van der Waals surface area contributed by atoms with Gasteiger partial charge in [-0.2, -0.15) is 13.2 Å². The predicted octanol–water partition coefficient (Wildman–Crippen LogP) is 6.06. The van der Waals surface area contributed by atoms with Crippen LogP contribution in [0.5, 0.6) is 0 Å². The SMILES string of the molecule is Fc1ccc(C2c3[nH]c4cc(F)c(Cl)cc4c3CCN2c2nccc(C(F)(F)F)n2)cc1. The van der Waals surface area contributed by atoms with Crippen LogP contribution in [0.3, 0.4) is 0 Å². The summed E-state index contributed by atoms with van der Waals surface area (Å²) in [5.74, 6) is -1.14. The summed E-state index contributed by atoms with van der Waals surface area (Å²) in [4.78, 5) is 12.6. The van der Waals surface area contributed by atoms with Gasteiger partial charge in [0.1, 0.15) is 17.3 Å². The van der Waals surface area contributed by atoms with Crippen LogP contribution < -0.4 is 4.90 Å². The van der Waals surface area contributed by atoms with Crippen LogP contribution in [0.25, 0.3) is 10.9 Å². The standard InChI is InChI=1S/C22H14ClF5N4/c23-15-9-14-13-6-8-32(21-29-7-5-18(31-21)22(26,27)28)20(11-1-3-12(24)4-2-11)19(13)30-17(14)10-16(15)25/h1-5,7,9-10,20,30H,6,8H2. The number of hydrogen-bond acceptors (Lipinski definition) is 3. The highest BCUT2D eigenvalue weighted by Gasteiger charge is 2.37. The Labute approximate surface area is 183 Å². The van der Waals surface area contributed by atoms with Crippen LogP contribution in [0, 0.1) is 11.6 Å². The van der Waals surface area contributed by atoms with Crippen LogP contribution in [0.1, 0.15) is 28.6 Å². The highest BCUT2D eigenvalue weighted by Crippen LogP contribution is 2.41. The molecule has 1 unspecified atom stereocenters. The van der Waals surface area contributed by atoms with Gasteiger partial charge in [-0.15, -0.1) is 0 Å². The first-order valence-corrected chi connectivity index (χ1v) is 10.0. The van der Waals surface area contributed by atoms with E-state index in [4.69, 9.17) is 11.6 Å². The van der Waals surface area contributed by atoms with Gasteiger partial charge in [0.05, 0.1) is 11.1 Å². The molecule has 32 heavy (non-hydrogen) atoms. The van der Waals surface area contributed by atoms with Crippen LogP contribution in [0.4, 0.5) is 27.9 Å². The molecule has 0 radical (unpaired) electrons. The maximum Gasteiger partial charge on any atom is 0.433 e. The van der Waals surface area contributed by atoms with Crippen molar-refractivity contribution in [1.82, 2.24) is 15.0 Å². The van der Waals surface area contributed by atoms with Crippen molar-refractivity contribution < 1.29 is 22.0 Å². The lowest BCUT2D eigenvalue weighted by Gasteiger charge is -2.36. The lowest BCUT2D eigenvalue weighted by atomic mass is 9.92. The molecule has 0 saturated carbocycles. The second-order valence-corrected chi connectivity index (χ2v) is 7.87. The van der Waals surface area contributed by atoms with Crippen LogP contribution in [0.2, 0.25) is 5.02 Å². The first kappa shape index (κ1) is 20.7. The number of anilines is 1. The molecule has 1 atom stereocenters. The Kier molecular flexibility index (Phi) is 4.81. The molecule has 2 aromatic carbocycles. The van der Waals surface area contributed by atoms with Gasteiger partial charge in [0.15, 0.2) is 0 Å². The van der Waals surface area contributed by atoms with Crippen molar-refractivity contribution >= 4 is 28.5 Å². The zero-order chi connectivity index (χ0) is 22.6. The Morgan fingerprint density at radius 2 is 1.81 bits per heavy atom. The molecule has 0 aliphatic carbocycles. The summed E-state index contributed by atoms with van der Waals surface area (Å²) in [6, 6.07) is 8.62. The number of rotatable bonds is 2. The molecule has 2 aromatic heterocycles. The Hall–Kier alpha value is -3.20. The molecule has 0 amide bonds. The molecule has 4 nitrogen and oxygen atoms in total. The zero-order valence-corrected chi connectivity index (χ0v) is 17.0. The molecule has 1 aliphatic rings. The number of aromatic amines is 1. The first-order chi connectivity index (χ1) is 15.2. The predicted molar refractivity (Wildman–Crippen MR) is 110 cm³/mol. The summed E-state index contributed by atoms with van der Waals surface area (Å²) < 4.78 is 67.4. The molecule has 4 aromatic rings. The number of aromatic nitrogens is 3. The van der Waals surface area contributed by atoms with Gasteiger partial charge in [0, 0.05) is 29.3 Å². The van der Waals surface area contributed by atoms with Crippen LogP contribution in [-0.2, 0) is 12.6 Å². The Balaban J connectivity index is 1.70. The third kappa shape index (κ3) is 3.46. The largest absolute Gasteiger partial charge is 0.433 e. The average Bonchev–Trinajstić information content (AvgIpc) is 3.11. The minimum atomic E-state index is -4.63. The summed E-state index contributed by atoms with van der Waals surface area (Å²) in [6.45, 7) is 0.290. The summed E-state index contributed by atoms with van der Waals surface area (Å²) in [5.41, 5.74) is 1.57. The van der Waals surface area contributed by atoms with Crippen LogP contribution in [-0.4, -0.2) is 21.5 Å². The number of nitrogens with zero attached hydrogens (tertiary/aromatic N) is 3. The number of halogens is 6. The van der Waals surface area contributed by atoms with E-state index in [1.807, 2.05) is 0 Å². The lowest BCUT2D eigenvalue weighted by Crippen LogP contribution is -2.37. The summed E-state index contributed by atoms with van der Waals surface area (Å²) >= 11 is 5.98. The van der Waals surface area contributed by atoms with Gasteiger partial charge in [-0.05, 0) is 47.9 Å². The van der Waals surface area contributed by atoms with E-state index in [0.717, 1.165) is 23.2 Å². The fraction of sp³-hybridized carbons (Fsp3) is 0.182. The van der Waals surface area contributed by atoms with Gasteiger partial charge in [-0.3, -0.25) is 0 Å². The number of hydrogen-bond donors (Lipinski definition) is 1. The van der Waals surface area contributed by atoms with Crippen molar-refractivity contribution in [2.45, 2.75) is 18.6 Å². The molecular formula is C22H14ClF5N4. The number of nitrogens with one attached hydrogen (secondary N) is 1. The molecule has 0 saturated heterocycles. The monoisotopic (exact) mass is 464 g/mol. The van der Waals surface area contributed by atoms with E-state index in [-0.39, 0.29) is 17.5 Å². The normalized spacial score (nSPS) is 16.4. The quantitative estimate of drug-likeness (QED) is 0.367.